The van der Waals surface area contributed by atoms with E-state index in [4.69, 9.17) is 56.5 Å². The van der Waals surface area contributed by atoms with E-state index in [2.05, 4.69) is 0 Å². The van der Waals surface area contributed by atoms with Gasteiger partial charge in [0, 0.05) is 66.2 Å². The van der Waals surface area contributed by atoms with Crippen LogP contribution in [0.2, 0.25) is 0 Å². The van der Waals surface area contributed by atoms with Crippen molar-refractivity contribution in [3.05, 3.63) is 52.2 Å². The Kier molecular flexibility index (Phi) is 15.5. The molecule has 3 heterocycles. The number of carbonyl (C=O) groups is 7. The first kappa shape index (κ1) is 48.3. The Balaban J connectivity index is 1.53. The summed E-state index contributed by atoms with van der Waals surface area (Å²) in [6.45, 7) is 6.23. The molecule has 2 aliphatic heterocycles. The van der Waals surface area contributed by atoms with Gasteiger partial charge in [-0.15, -0.1) is 0 Å². The van der Waals surface area contributed by atoms with Gasteiger partial charge in [0.25, 0.3) is 0 Å². The highest BCUT2D eigenvalue weighted by molar-refractivity contribution is 5.88. The molecule has 0 bridgehead atoms. The number of hydrogen-bond donors (Lipinski definition) is 2. The summed E-state index contributed by atoms with van der Waals surface area (Å²) in [5.41, 5.74) is -0.947. The summed E-state index contributed by atoms with van der Waals surface area (Å²) >= 11 is 0. The number of carbonyl (C=O) groups excluding carboxylic acids is 7. The predicted octanol–water partition coefficient (Wildman–Crippen LogP) is 1.86. The van der Waals surface area contributed by atoms with Crippen LogP contribution in [0, 0.1) is 0 Å². The summed E-state index contributed by atoms with van der Waals surface area (Å²) in [4.78, 5) is 98.9. The molecule has 10 atom stereocenters. The molecule has 22 nitrogen and oxygen atoms in total. The maximum atomic E-state index is 13.9. The number of ether oxygens (including phenoxy) is 11. The Hall–Kier alpha value is -6.78. The molecule has 0 aliphatic carbocycles. The van der Waals surface area contributed by atoms with Crippen molar-refractivity contribution in [2.45, 2.75) is 110 Å². The van der Waals surface area contributed by atoms with Gasteiger partial charge < -0.3 is 66.7 Å². The third-order valence-electron chi connectivity index (χ3n) is 9.56. The molecule has 0 unspecified atom stereocenters. The molecule has 2 saturated heterocycles. The Morgan fingerprint density at radius 3 is 1.64 bits per heavy atom. The van der Waals surface area contributed by atoms with E-state index < -0.39 is 127 Å². The summed E-state index contributed by atoms with van der Waals surface area (Å²) in [6.07, 6.45) is -14.9. The predicted molar refractivity (Wildman–Crippen MR) is 210 cm³/mol. The molecule has 346 valence electrons. The number of rotatable bonds is 14. The number of aromatic hydroxyl groups is 1. The first-order valence-corrected chi connectivity index (χ1v) is 19.5. The lowest BCUT2D eigenvalue weighted by Crippen LogP contribution is -2.63. The second-order valence-electron chi connectivity index (χ2n) is 14.4. The zero-order chi connectivity index (χ0) is 47.2. The number of phenolic OH excluding ortho intramolecular Hbond substituents is 1. The number of hydrogen-bond acceptors (Lipinski definition) is 22. The van der Waals surface area contributed by atoms with Crippen molar-refractivity contribution in [1.82, 2.24) is 0 Å². The number of aliphatic hydroxyl groups is 1. The van der Waals surface area contributed by atoms with Gasteiger partial charge in [-0.05, 0) is 24.3 Å². The fraction of sp³-hybridized carbons (Fsp3) is 0.476. The summed E-state index contributed by atoms with van der Waals surface area (Å²) < 4.78 is 67.4. The van der Waals surface area contributed by atoms with E-state index >= 15 is 0 Å². The Morgan fingerprint density at radius 2 is 1.12 bits per heavy atom. The molecule has 2 fully saturated rings. The third kappa shape index (κ3) is 11.2. The van der Waals surface area contributed by atoms with Crippen molar-refractivity contribution in [2.24, 2.45) is 0 Å². The molecule has 1 aromatic heterocycles. The molecule has 64 heavy (non-hydrogen) atoms. The van der Waals surface area contributed by atoms with Crippen LogP contribution in [0.4, 0.5) is 0 Å². The van der Waals surface area contributed by atoms with Gasteiger partial charge in [-0.1, -0.05) is 0 Å². The number of fused-ring (bicyclic) bond motifs is 1. The van der Waals surface area contributed by atoms with Crippen molar-refractivity contribution in [3.8, 4) is 28.6 Å². The van der Waals surface area contributed by atoms with Crippen LogP contribution >= 0.6 is 0 Å². The molecular weight excluding hydrogens is 856 g/mol. The van der Waals surface area contributed by atoms with Gasteiger partial charge in [-0.2, -0.15) is 0 Å². The van der Waals surface area contributed by atoms with Crippen molar-refractivity contribution in [2.75, 3.05) is 20.3 Å². The topological polar surface area (TPSA) is 292 Å². The molecule has 3 aromatic rings. The van der Waals surface area contributed by atoms with Gasteiger partial charge in [0.15, 0.2) is 35.9 Å². The molecule has 2 N–H and O–H groups in total. The van der Waals surface area contributed by atoms with Crippen LogP contribution in [0.1, 0.15) is 60.1 Å². The number of benzene rings is 2. The fourth-order valence-electron chi connectivity index (χ4n) is 7.27. The summed E-state index contributed by atoms with van der Waals surface area (Å²) in [6, 6.07) is 8.10. The highest BCUT2D eigenvalue weighted by Gasteiger charge is 2.55. The summed E-state index contributed by atoms with van der Waals surface area (Å²) in [5.74, 6) is -6.68. The van der Waals surface area contributed by atoms with Gasteiger partial charge in [0.1, 0.15) is 58.9 Å². The minimum absolute atomic E-state index is 0.0169. The van der Waals surface area contributed by atoms with Crippen molar-refractivity contribution >= 4 is 52.8 Å². The molecule has 2 aromatic carbocycles. The molecule has 0 saturated carbocycles. The summed E-state index contributed by atoms with van der Waals surface area (Å²) in [5, 5.41) is 21.6. The third-order valence-corrected chi connectivity index (χ3v) is 9.56. The lowest BCUT2D eigenvalue weighted by molar-refractivity contribution is -0.287. The number of esters is 7. The van der Waals surface area contributed by atoms with E-state index in [0.717, 1.165) is 54.5 Å². The fourth-order valence-corrected chi connectivity index (χ4v) is 7.27. The highest BCUT2D eigenvalue weighted by Crippen LogP contribution is 2.47. The van der Waals surface area contributed by atoms with E-state index in [1.165, 1.54) is 37.4 Å². The van der Waals surface area contributed by atoms with Gasteiger partial charge in [0.2, 0.25) is 12.4 Å². The van der Waals surface area contributed by atoms with E-state index in [1.807, 2.05) is 0 Å². The molecule has 5 rings (SSSR count). The minimum atomic E-state index is -1.65. The Bertz CT molecular complexity index is 2320. The van der Waals surface area contributed by atoms with Gasteiger partial charge in [-0.25, -0.2) is 0 Å². The van der Waals surface area contributed by atoms with Crippen LogP contribution in [-0.4, -0.2) is 127 Å². The standard InChI is InChI=1S/C42H46O22/c1-17(44)54-16-31-36(56-19(3)46)38(57-20(4)47)40(59-22(6)49)37(63-31)33-28(53-8)14-29-32(34(33)52)26(51)13-27(62-29)24-9-11-25(12-10-24)61-42-41(60-23(7)50)39(58-21(5)48)35(55-18(2)45)30(15-43)64-42/h9-14,30-31,35-43,52H,15-16H2,1-8H3/t30-,31-,35-,36-,37+,38+,39+,40+,41-,42-/m0/s1. The molecule has 0 radical (unpaired) electrons. The number of methoxy groups -OCH3 is 1. The van der Waals surface area contributed by atoms with E-state index in [-0.39, 0.29) is 33.8 Å². The quantitative estimate of drug-likeness (QED) is 0.172. The van der Waals surface area contributed by atoms with Crippen LogP contribution in [0.5, 0.6) is 17.2 Å². The number of phenols is 1. The monoisotopic (exact) mass is 902 g/mol. The largest absolute Gasteiger partial charge is 0.506 e. The normalized spacial score (nSPS) is 25.2. The lowest BCUT2D eigenvalue weighted by Gasteiger charge is -2.44. The van der Waals surface area contributed by atoms with Crippen LogP contribution in [0.25, 0.3) is 22.3 Å². The first-order valence-electron chi connectivity index (χ1n) is 19.5. The van der Waals surface area contributed by atoms with Gasteiger partial charge in [0.05, 0.1) is 19.3 Å². The Morgan fingerprint density at radius 1 is 0.625 bits per heavy atom. The molecular formula is C42H46O22. The van der Waals surface area contributed by atoms with Gasteiger partial charge >= 0.3 is 41.8 Å². The van der Waals surface area contributed by atoms with Gasteiger partial charge in [-0.3, -0.25) is 38.4 Å². The summed E-state index contributed by atoms with van der Waals surface area (Å²) in [7, 11) is 1.21. The average Bonchev–Trinajstić information content (AvgIpc) is 3.19. The maximum absolute atomic E-state index is 13.9. The molecule has 0 amide bonds. The number of aliphatic hydroxyl groups excluding tert-OH is 1. The smallest absolute Gasteiger partial charge is 0.303 e. The second-order valence-corrected chi connectivity index (χ2v) is 14.4. The van der Waals surface area contributed by atoms with Crippen LogP contribution in [0.3, 0.4) is 0 Å². The Labute approximate surface area is 363 Å². The maximum Gasteiger partial charge on any atom is 0.303 e. The molecule has 0 spiro atoms. The van der Waals surface area contributed by atoms with E-state index in [9.17, 15) is 48.6 Å². The highest BCUT2D eigenvalue weighted by atomic mass is 16.7. The van der Waals surface area contributed by atoms with Crippen LogP contribution in [-0.2, 0) is 76.2 Å². The SMILES string of the molecule is COc1cc2oc(-c3ccc(O[C@H]4O[C@@H](CO)[C@H](OC(C)=O)[C@@H](OC(C)=O)[C@@H]4OC(C)=O)cc3)cc(=O)c2c(O)c1[C@H]1O[C@@H](COC(C)=O)[C@H](OC(C)=O)[C@@H](OC(C)=O)[C@@H]1OC(C)=O. The van der Waals surface area contributed by atoms with Crippen molar-refractivity contribution in [3.63, 3.8) is 0 Å². The van der Waals surface area contributed by atoms with Crippen molar-refractivity contribution < 1.29 is 100 Å². The molecule has 2 aliphatic rings. The van der Waals surface area contributed by atoms with Crippen LogP contribution < -0.4 is 14.9 Å². The first-order chi connectivity index (χ1) is 30.2. The molecule has 22 heteroatoms. The zero-order valence-corrected chi connectivity index (χ0v) is 35.7. The zero-order valence-electron chi connectivity index (χ0n) is 35.7. The van der Waals surface area contributed by atoms with E-state index in [0.29, 0.717) is 5.56 Å². The van der Waals surface area contributed by atoms with Crippen molar-refractivity contribution in [1.29, 1.82) is 0 Å². The average molecular weight is 903 g/mol. The van der Waals surface area contributed by atoms with E-state index in [1.54, 1.807) is 0 Å². The lowest BCUT2D eigenvalue weighted by atomic mass is 9.88. The minimum Gasteiger partial charge on any atom is -0.506 e. The van der Waals surface area contributed by atoms with Crippen LogP contribution in [0.15, 0.2) is 45.6 Å². The second kappa shape index (κ2) is 20.6.